The molecule has 0 rings (SSSR count). The van der Waals surface area contributed by atoms with Crippen LogP contribution in [0.15, 0.2) is 0 Å². The molecule has 0 aliphatic heterocycles. The van der Waals surface area contributed by atoms with Crippen LogP contribution in [-0.4, -0.2) is 32.9 Å². The first-order valence-electron chi connectivity index (χ1n) is 0.943. The molecule has 0 saturated carbocycles. The van der Waals surface area contributed by atoms with Crippen LogP contribution in [0.1, 0.15) is 0 Å². The standard InChI is InChI=1S/Ni.2H3O2P.6H2O/c;2*1-3-2;;;;;;/h;2*3H2,(H,1,2);6*1H2/q+2;;;;;;;;/p-2. The van der Waals surface area contributed by atoms with E-state index in [9.17, 15) is 0 Å². The van der Waals surface area contributed by atoms with E-state index in [1.807, 2.05) is 0 Å². The Bertz CT molecular complexity index is 33.9. The number of hydrogen-bond donors (Lipinski definition) is 0. The Morgan fingerprint density at radius 3 is 0.615 bits per heavy atom. The van der Waals surface area contributed by atoms with E-state index >= 15 is 0 Å². The second-order valence-corrected chi connectivity index (χ2v) is 0.577. The summed E-state index contributed by atoms with van der Waals surface area (Å²) in [6.45, 7) is 0. The first kappa shape index (κ1) is 101. The molecule has 0 bridgehead atoms. The summed E-state index contributed by atoms with van der Waals surface area (Å²) < 4.78 is 16.9. The van der Waals surface area contributed by atoms with Crippen molar-refractivity contribution in [2.75, 3.05) is 0 Å². The van der Waals surface area contributed by atoms with Crippen LogP contribution in [0.3, 0.4) is 0 Å². The minimum absolute atomic E-state index is 0. The van der Waals surface area contributed by atoms with E-state index in [4.69, 9.17) is 18.9 Å². The quantitative estimate of drug-likeness (QED) is 0.311. The van der Waals surface area contributed by atoms with Gasteiger partial charge in [0.1, 0.15) is 0 Å². The average Bonchev–Trinajstić information content (AvgIpc) is 1.39. The summed E-state index contributed by atoms with van der Waals surface area (Å²) in [4.78, 5) is 16.9. The molecule has 0 aliphatic rings. The molecule has 0 heterocycles. The Balaban J connectivity index is -0.00000000229. The van der Waals surface area contributed by atoms with Crippen molar-refractivity contribution < 1.29 is 68.3 Å². The molecular weight excluding hydrogens is 281 g/mol. The summed E-state index contributed by atoms with van der Waals surface area (Å²) in [5.41, 5.74) is 0. The van der Waals surface area contributed by atoms with E-state index < -0.39 is 17.4 Å². The zero-order valence-electron chi connectivity index (χ0n) is 6.10. The first-order valence-corrected chi connectivity index (χ1v) is 2.83. The van der Waals surface area contributed by atoms with Gasteiger partial charge in [-0.3, -0.25) is 0 Å². The summed E-state index contributed by atoms with van der Waals surface area (Å²) in [6.07, 6.45) is 0. The third-order valence-corrected chi connectivity index (χ3v) is 0. The Hall–Kier alpha value is 0.634. The maximum absolute atomic E-state index is 8.46. The predicted octanol–water partition coefficient (Wildman–Crippen LogP) is -6.91. The minimum Gasteiger partial charge on any atom is -0.804 e. The van der Waals surface area contributed by atoms with Gasteiger partial charge >= 0.3 is 16.5 Å². The average molecular weight is 297 g/mol. The van der Waals surface area contributed by atoms with Crippen LogP contribution in [0.5, 0.6) is 0 Å². The fourth-order valence-corrected chi connectivity index (χ4v) is 0. The fourth-order valence-electron chi connectivity index (χ4n) is 0. The Labute approximate surface area is 86.3 Å². The van der Waals surface area contributed by atoms with Crippen LogP contribution >= 0.6 is 17.4 Å². The van der Waals surface area contributed by atoms with Gasteiger partial charge in [0.15, 0.2) is 0 Å². The van der Waals surface area contributed by atoms with Gasteiger partial charge in [-0.15, -0.1) is 0 Å². The summed E-state index contributed by atoms with van der Waals surface area (Å²) >= 11 is 0. The number of rotatable bonds is 0. The molecule has 0 aliphatic carbocycles. The third kappa shape index (κ3) is 3560. The van der Waals surface area contributed by atoms with Crippen molar-refractivity contribution in [3.05, 3.63) is 0 Å². The molecule has 13 heteroatoms. The molecule has 96 valence electrons. The van der Waals surface area contributed by atoms with Crippen molar-refractivity contribution in [3.63, 3.8) is 0 Å². The van der Waals surface area contributed by atoms with E-state index in [0.717, 1.165) is 0 Å². The maximum Gasteiger partial charge on any atom is 2.00 e. The van der Waals surface area contributed by atoms with Gasteiger partial charge in [-0.25, -0.2) is 0 Å². The second-order valence-electron chi connectivity index (χ2n) is 0.192. The van der Waals surface area contributed by atoms with E-state index in [2.05, 4.69) is 0 Å². The molecule has 2 unspecified atom stereocenters. The minimum atomic E-state index is -1.75. The van der Waals surface area contributed by atoms with Gasteiger partial charge in [0.2, 0.25) is 0 Å². The normalized spacial score (nSPS) is 4.46. The smallest absolute Gasteiger partial charge is 0.804 e. The first-order chi connectivity index (χ1) is 2.83. The van der Waals surface area contributed by atoms with Gasteiger partial charge < -0.3 is 51.8 Å². The zero-order chi connectivity index (χ0) is 5.41. The molecule has 0 aromatic rings. The summed E-state index contributed by atoms with van der Waals surface area (Å²) in [5, 5.41) is 0. The van der Waals surface area contributed by atoms with E-state index in [1.165, 1.54) is 0 Å². The molecule has 13 heavy (non-hydrogen) atoms. The molecule has 0 aromatic carbocycles. The van der Waals surface area contributed by atoms with Crippen molar-refractivity contribution in [1.82, 2.24) is 0 Å². The fraction of sp³-hybridized carbons (Fsp3) is 0. The van der Waals surface area contributed by atoms with Gasteiger partial charge in [-0.1, -0.05) is 0 Å². The topological polar surface area (TPSA) is 269 Å². The van der Waals surface area contributed by atoms with Crippen LogP contribution in [0.2, 0.25) is 0 Å². The largest absolute Gasteiger partial charge is 2.00 e. The Morgan fingerprint density at radius 2 is 0.615 bits per heavy atom. The van der Waals surface area contributed by atoms with Crippen molar-refractivity contribution in [2.24, 2.45) is 0 Å². The summed E-state index contributed by atoms with van der Waals surface area (Å²) in [5.74, 6) is 0. The van der Waals surface area contributed by atoms with E-state index in [-0.39, 0.29) is 49.3 Å². The van der Waals surface area contributed by atoms with Gasteiger partial charge in [-0.2, -0.15) is 0 Å². The van der Waals surface area contributed by atoms with Crippen LogP contribution in [0.25, 0.3) is 0 Å². The SMILES string of the molecule is O.O.O.O.O.O.O=[PH2][O-].O=[PH2][O-].[Ni+2]. The van der Waals surface area contributed by atoms with Gasteiger partial charge in [-0.05, 0) is 17.4 Å². The third-order valence-electron chi connectivity index (χ3n) is 0. The molecule has 2 atom stereocenters. The second kappa shape index (κ2) is 247. The van der Waals surface area contributed by atoms with Crippen molar-refractivity contribution >= 4 is 17.4 Å². The van der Waals surface area contributed by atoms with Crippen LogP contribution < -0.4 is 9.79 Å². The molecule has 0 radical (unpaired) electrons. The molecule has 0 fully saturated rings. The molecule has 0 aromatic heterocycles. The van der Waals surface area contributed by atoms with Gasteiger partial charge in [0.25, 0.3) is 0 Å². The van der Waals surface area contributed by atoms with Crippen molar-refractivity contribution in [1.29, 1.82) is 0 Å². The predicted molar refractivity (Wildman–Crippen MR) is 42.5 cm³/mol. The monoisotopic (exact) mass is 296 g/mol. The zero-order valence-corrected chi connectivity index (χ0v) is 9.40. The maximum atomic E-state index is 8.46. The molecule has 12 N–H and O–H groups in total. The van der Waals surface area contributed by atoms with E-state index in [1.54, 1.807) is 0 Å². The number of hydrogen-bond acceptors (Lipinski definition) is 4. The van der Waals surface area contributed by atoms with Gasteiger partial charge in [0, 0.05) is 0 Å². The Morgan fingerprint density at radius 1 is 0.615 bits per heavy atom. The molecule has 0 amide bonds. The molecule has 10 nitrogen and oxygen atoms in total. The van der Waals surface area contributed by atoms with E-state index in [0.29, 0.717) is 0 Å². The molecular formula is H16NiO10P2. The van der Waals surface area contributed by atoms with Crippen molar-refractivity contribution in [3.8, 4) is 0 Å². The summed E-state index contributed by atoms with van der Waals surface area (Å²) in [6, 6.07) is 0. The summed E-state index contributed by atoms with van der Waals surface area (Å²) in [7, 11) is -3.50. The molecule has 0 saturated heterocycles. The van der Waals surface area contributed by atoms with Crippen LogP contribution in [0.4, 0.5) is 0 Å². The Kier molecular flexibility index (Phi) is 1920. The van der Waals surface area contributed by atoms with Crippen molar-refractivity contribution in [2.45, 2.75) is 0 Å². The van der Waals surface area contributed by atoms with Crippen LogP contribution in [-0.2, 0) is 25.6 Å². The molecule has 0 spiro atoms. The van der Waals surface area contributed by atoms with Gasteiger partial charge in [0.05, 0.1) is 0 Å². The van der Waals surface area contributed by atoms with Crippen LogP contribution in [0, 0.1) is 0 Å².